The fraction of sp³-hybridized carbons (Fsp3) is 0.429. The lowest BCUT2D eigenvalue weighted by Crippen LogP contribution is -1.80. The highest BCUT2D eigenvalue weighted by molar-refractivity contribution is 5.19. The summed E-state index contributed by atoms with van der Waals surface area (Å²) in [5.74, 6) is 0. The third-order valence-electron chi connectivity index (χ3n) is 3.51. The van der Waals surface area contributed by atoms with Gasteiger partial charge in [-0.25, -0.2) is 0 Å². The van der Waals surface area contributed by atoms with Gasteiger partial charge in [0.1, 0.15) is 0 Å². The molecule has 1 rings (SSSR count). The highest BCUT2D eigenvalue weighted by atomic mass is 14.0. The third kappa shape index (κ3) is 13.2. The van der Waals surface area contributed by atoms with Gasteiger partial charge in [0.15, 0.2) is 0 Å². The van der Waals surface area contributed by atoms with Gasteiger partial charge in [-0.15, -0.1) is 0 Å². The predicted molar refractivity (Wildman–Crippen MR) is 96.4 cm³/mol. The standard InChI is InChI=1S/C21H30/c1-2-4-6-8-10-12-14-16-18-20-21-19-17-15-13-11-9-7-5-3-1/h1-12H,13-21H2/b3-1-,4-2-,7-5-,8-6+,11-9+,12-10?. The lowest BCUT2D eigenvalue weighted by Gasteiger charge is -1.99. The second-order valence-corrected chi connectivity index (χ2v) is 5.45. The van der Waals surface area contributed by atoms with Crippen molar-refractivity contribution in [3.05, 3.63) is 72.9 Å². The fourth-order valence-electron chi connectivity index (χ4n) is 2.27. The molecule has 0 saturated carbocycles. The molecule has 0 saturated heterocycles. The molecular weight excluding hydrogens is 252 g/mol. The van der Waals surface area contributed by atoms with Gasteiger partial charge in [-0.05, 0) is 25.7 Å². The molecule has 0 bridgehead atoms. The molecule has 0 fully saturated rings. The van der Waals surface area contributed by atoms with Crippen LogP contribution >= 0.6 is 0 Å². The largest absolute Gasteiger partial charge is 0.0845 e. The van der Waals surface area contributed by atoms with Crippen LogP contribution in [0.1, 0.15) is 57.8 Å². The Balaban J connectivity index is 2.36. The molecule has 0 aliphatic heterocycles. The fourth-order valence-corrected chi connectivity index (χ4v) is 2.27. The zero-order valence-electron chi connectivity index (χ0n) is 13.3. The van der Waals surface area contributed by atoms with Crippen LogP contribution in [0.4, 0.5) is 0 Å². The molecule has 0 N–H and O–H groups in total. The Morgan fingerprint density at radius 1 is 0.286 bits per heavy atom. The zero-order chi connectivity index (χ0) is 14.8. The monoisotopic (exact) mass is 282 g/mol. The van der Waals surface area contributed by atoms with E-state index in [-0.39, 0.29) is 0 Å². The van der Waals surface area contributed by atoms with Crippen LogP contribution in [-0.4, -0.2) is 0 Å². The second kappa shape index (κ2) is 14.8. The Hall–Kier alpha value is -1.56. The normalized spacial score (nSPS) is 27.0. The summed E-state index contributed by atoms with van der Waals surface area (Å²) < 4.78 is 0. The van der Waals surface area contributed by atoms with E-state index < -0.39 is 0 Å². The first-order chi connectivity index (χ1) is 10.5. The van der Waals surface area contributed by atoms with Crippen molar-refractivity contribution >= 4 is 0 Å². The van der Waals surface area contributed by atoms with Gasteiger partial charge in [-0.1, -0.05) is 105 Å². The molecule has 0 aromatic heterocycles. The molecule has 0 spiro atoms. The van der Waals surface area contributed by atoms with Gasteiger partial charge in [0.2, 0.25) is 0 Å². The first-order valence-electron chi connectivity index (χ1n) is 8.48. The van der Waals surface area contributed by atoms with Crippen molar-refractivity contribution in [1.29, 1.82) is 0 Å². The summed E-state index contributed by atoms with van der Waals surface area (Å²) in [7, 11) is 0. The molecule has 0 radical (unpaired) electrons. The highest BCUT2D eigenvalue weighted by Crippen LogP contribution is 2.10. The van der Waals surface area contributed by atoms with Gasteiger partial charge in [0.05, 0.1) is 0 Å². The van der Waals surface area contributed by atoms with Gasteiger partial charge in [0.25, 0.3) is 0 Å². The Kier molecular flexibility index (Phi) is 12.4. The molecule has 0 heterocycles. The topological polar surface area (TPSA) is 0 Å². The van der Waals surface area contributed by atoms with Crippen molar-refractivity contribution in [2.24, 2.45) is 0 Å². The summed E-state index contributed by atoms with van der Waals surface area (Å²) in [5, 5.41) is 0. The van der Waals surface area contributed by atoms with Gasteiger partial charge in [-0.2, -0.15) is 0 Å². The van der Waals surface area contributed by atoms with Crippen LogP contribution in [0.25, 0.3) is 0 Å². The van der Waals surface area contributed by atoms with E-state index in [4.69, 9.17) is 0 Å². The average Bonchev–Trinajstić information content (AvgIpc) is 2.50. The summed E-state index contributed by atoms with van der Waals surface area (Å²) in [5.41, 5.74) is 0. The van der Waals surface area contributed by atoms with Crippen LogP contribution in [0.15, 0.2) is 72.9 Å². The summed E-state index contributed by atoms with van der Waals surface area (Å²) >= 11 is 0. The molecule has 114 valence electrons. The molecule has 0 amide bonds. The van der Waals surface area contributed by atoms with Gasteiger partial charge in [0, 0.05) is 0 Å². The summed E-state index contributed by atoms with van der Waals surface area (Å²) in [6.45, 7) is 0. The summed E-state index contributed by atoms with van der Waals surface area (Å²) in [6, 6.07) is 0. The van der Waals surface area contributed by atoms with Crippen LogP contribution < -0.4 is 0 Å². The minimum absolute atomic E-state index is 1.21. The van der Waals surface area contributed by atoms with E-state index in [0.717, 1.165) is 0 Å². The van der Waals surface area contributed by atoms with Crippen molar-refractivity contribution in [3.63, 3.8) is 0 Å². The summed E-state index contributed by atoms with van der Waals surface area (Å²) in [4.78, 5) is 0. The predicted octanol–water partition coefficient (Wildman–Crippen LogP) is 6.85. The Morgan fingerprint density at radius 2 is 0.571 bits per heavy atom. The molecular formula is C21H30. The van der Waals surface area contributed by atoms with Crippen LogP contribution in [0.5, 0.6) is 0 Å². The number of allylic oxidation sites excluding steroid dienone is 12. The number of hydrogen-bond donors (Lipinski definition) is 0. The quantitative estimate of drug-likeness (QED) is 0.456. The van der Waals surface area contributed by atoms with Gasteiger partial charge >= 0.3 is 0 Å². The van der Waals surface area contributed by atoms with Gasteiger partial charge < -0.3 is 0 Å². The maximum atomic E-state index is 2.27. The lowest BCUT2D eigenvalue weighted by molar-refractivity contribution is 0.583. The Bertz CT molecular complexity index is 350. The smallest absolute Gasteiger partial charge is 0.0348 e. The minimum Gasteiger partial charge on any atom is -0.0845 e. The van der Waals surface area contributed by atoms with Crippen molar-refractivity contribution < 1.29 is 0 Å². The number of hydrogen-bond acceptors (Lipinski definition) is 0. The van der Waals surface area contributed by atoms with E-state index in [0.29, 0.717) is 0 Å². The van der Waals surface area contributed by atoms with E-state index >= 15 is 0 Å². The van der Waals surface area contributed by atoms with E-state index in [1.54, 1.807) is 0 Å². The maximum Gasteiger partial charge on any atom is -0.0348 e. The third-order valence-corrected chi connectivity index (χ3v) is 3.51. The first-order valence-corrected chi connectivity index (χ1v) is 8.48. The molecule has 0 aromatic carbocycles. The number of rotatable bonds is 0. The van der Waals surface area contributed by atoms with Crippen LogP contribution in [0.3, 0.4) is 0 Å². The zero-order valence-corrected chi connectivity index (χ0v) is 13.3. The lowest BCUT2D eigenvalue weighted by atomic mass is 10.1. The van der Waals surface area contributed by atoms with E-state index in [1.807, 2.05) is 0 Å². The summed E-state index contributed by atoms with van der Waals surface area (Å²) in [6.07, 6.45) is 37.5. The molecule has 1 aliphatic rings. The van der Waals surface area contributed by atoms with E-state index in [2.05, 4.69) is 72.9 Å². The Morgan fingerprint density at radius 3 is 0.952 bits per heavy atom. The van der Waals surface area contributed by atoms with Crippen molar-refractivity contribution in [1.82, 2.24) is 0 Å². The van der Waals surface area contributed by atoms with Crippen molar-refractivity contribution in [3.8, 4) is 0 Å². The first kappa shape index (κ1) is 17.5. The molecule has 21 heavy (non-hydrogen) atoms. The van der Waals surface area contributed by atoms with Crippen LogP contribution in [0, 0.1) is 0 Å². The second-order valence-electron chi connectivity index (χ2n) is 5.45. The van der Waals surface area contributed by atoms with Crippen LogP contribution in [-0.2, 0) is 0 Å². The SMILES string of the molecule is C1=CCCCCCCCCC/C=C/C=C\C=C/C=C\C=C\1. The molecule has 0 aromatic rings. The van der Waals surface area contributed by atoms with Crippen molar-refractivity contribution in [2.45, 2.75) is 57.8 Å². The van der Waals surface area contributed by atoms with E-state index in [1.165, 1.54) is 57.8 Å². The minimum atomic E-state index is 1.21. The molecule has 0 nitrogen and oxygen atoms in total. The molecule has 0 heteroatoms. The average molecular weight is 282 g/mol. The van der Waals surface area contributed by atoms with E-state index in [9.17, 15) is 0 Å². The molecule has 0 unspecified atom stereocenters. The maximum absolute atomic E-state index is 2.27. The highest BCUT2D eigenvalue weighted by Gasteiger charge is 1.90. The Labute approximate surface area is 131 Å². The molecule has 1 aliphatic carbocycles. The molecule has 0 atom stereocenters. The van der Waals surface area contributed by atoms with Gasteiger partial charge in [-0.3, -0.25) is 0 Å². The van der Waals surface area contributed by atoms with Crippen LogP contribution in [0.2, 0.25) is 0 Å². The van der Waals surface area contributed by atoms with Crippen molar-refractivity contribution in [2.75, 3.05) is 0 Å².